The molecule has 2 unspecified atom stereocenters. The van der Waals surface area contributed by atoms with Gasteiger partial charge in [-0.25, -0.2) is 4.79 Å². The fraction of sp³-hybridized carbons (Fsp3) is 0.190. The number of hydrogen-bond donors (Lipinski definition) is 3. The summed E-state index contributed by atoms with van der Waals surface area (Å²) in [5.41, 5.74) is 3.64. The third-order valence-corrected chi connectivity index (χ3v) is 11.2. The summed E-state index contributed by atoms with van der Waals surface area (Å²) in [6.07, 6.45) is 3.80. The highest BCUT2D eigenvalue weighted by Crippen LogP contribution is 2.43. The first-order chi connectivity index (χ1) is 26.6. The molecule has 2 atom stereocenters. The van der Waals surface area contributed by atoms with Crippen molar-refractivity contribution >= 4 is 69.2 Å². The van der Waals surface area contributed by atoms with E-state index in [1.54, 1.807) is 62.4 Å². The van der Waals surface area contributed by atoms with Crippen molar-refractivity contribution in [3.05, 3.63) is 158 Å². The van der Waals surface area contributed by atoms with Crippen LogP contribution in [-0.4, -0.2) is 40.5 Å². The molecule has 1 aliphatic carbocycles. The number of carbonyl (C=O) groups is 4. The molecule has 0 radical (unpaired) electrons. The van der Waals surface area contributed by atoms with Crippen LogP contribution in [0.1, 0.15) is 68.5 Å². The SMILES string of the molecule is CCOC(=O)c1c(NC(=O)C(C)Sc2cccc(NC(=O)/C(=C\c3ccc([N+](=O)[O-])cc3)NC(=O)c3ccccc3)c2)sc2c1CCC(c1ccccc1)C2. The zero-order chi connectivity index (χ0) is 38.9. The number of non-ortho nitro benzene ring substituents is 1. The number of nitro benzene ring substituents is 1. The number of nitrogens with one attached hydrogen (secondary N) is 3. The lowest BCUT2D eigenvalue weighted by Gasteiger charge is -2.23. The fourth-order valence-corrected chi connectivity index (χ4v) is 8.47. The van der Waals surface area contributed by atoms with E-state index in [0.29, 0.717) is 44.6 Å². The predicted molar refractivity (Wildman–Crippen MR) is 215 cm³/mol. The van der Waals surface area contributed by atoms with Gasteiger partial charge in [-0.3, -0.25) is 24.5 Å². The Labute approximate surface area is 326 Å². The number of nitro groups is 1. The maximum Gasteiger partial charge on any atom is 0.341 e. The number of ether oxygens (including phenoxy) is 1. The molecule has 3 N–H and O–H groups in total. The minimum absolute atomic E-state index is 0.0837. The fourth-order valence-electron chi connectivity index (χ4n) is 6.22. The molecule has 0 fully saturated rings. The van der Waals surface area contributed by atoms with Gasteiger partial charge in [0.25, 0.3) is 17.5 Å². The molecule has 5 aromatic rings. The lowest BCUT2D eigenvalue weighted by molar-refractivity contribution is -0.384. The monoisotopic (exact) mass is 774 g/mol. The van der Waals surface area contributed by atoms with Crippen LogP contribution in [0.3, 0.4) is 0 Å². The third-order valence-electron chi connectivity index (χ3n) is 8.97. The highest BCUT2D eigenvalue weighted by molar-refractivity contribution is 8.00. The molecule has 4 aromatic carbocycles. The van der Waals surface area contributed by atoms with Gasteiger partial charge in [-0.05, 0) is 104 Å². The van der Waals surface area contributed by atoms with Crippen LogP contribution in [0.25, 0.3) is 6.08 Å². The molecule has 0 bridgehead atoms. The summed E-state index contributed by atoms with van der Waals surface area (Å²) in [4.78, 5) is 65.8. The molecule has 13 heteroatoms. The molecule has 1 heterocycles. The number of fused-ring (bicyclic) bond motifs is 1. The second-order valence-electron chi connectivity index (χ2n) is 12.7. The summed E-state index contributed by atoms with van der Waals surface area (Å²) < 4.78 is 5.42. The number of carbonyl (C=O) groups excluding carboxylic acids is 4. The largest absolute Gasteiger partial charge is 0.462 e. The Kier molecular flexibility index (Phi) is 12.5. The van der Waals surface area contributed by atoms with E-state index >= 15 is 0 Å². The summed E-state index contributed by atoms with van der Waals surface area (Å²) in [6, 6.07) is 31.2. The van der Waals surface area contributed by atoms with Crippen molar-refractivity contribution in [3.63, 3.8) is 0 Å². The second kappa shape index (κ2) is 17.9. The Morgan fingerprint density at radius 3 is 2.35 bits per heavy atom. The molecule has 0 saturated heterocycles. The molecule has 280 valence electrons. The van der Waals surface area contributed by atoms with Crippen LogP contribution < -0.4 is 16.0 Å². The average molecular weight is 775 g/mol. The van der Waals surface area contributed by atoms with Crippen LogP contribution in [0, 0.1) is 10.1 Å². The van der Waals surface area contributed by atoms with E-state index in [4.69, 9.17) is 4.74 Å². The standard InChI is InChI=1S/C42H38N4O7S2/c1-3-53-42(50)37-34-22-19-30(28-11-6-4-7-12-28)24-36(34)55-41(37)45-38(47)26(2)54-33-16-10-15-31(25-33)43-40(49)35(44-39(48)29-13-8-5-9-14-29)23-27-17-20-32(21-18-27)46(51)52/h4-18,20-21,23,25-26,30H,3,19,22,24H2,1-2H3,(H,43,49)(H,44,48)(H,45,47)/b35-23+. The van der Waals surface area contributed by atoms with Crippen molar-refractivity contribution in [2.24, 2.45) is 0 Å². The summed E-state index contributed by atoms with van der Waals surface area (Å²) >= 11 is 2.71. The van der Waals surface area contributed by atoms with E-state index in [-0.39, 0.29) is 23.9 Å². The van der Waals surface area contributed by atoms with Crippen molar-refractivity contribution < 1.29 is 28.8 Å². The Balaban J connectivity index is 1.16. The lowest BCUT2D eigenvalue weighted by atomic mass is 9.83. The van der Waals surface area contributed by atoms with Gasteiger partial charge in [-0.15, -0.1) is 23.1 Å². The summed E-state index contributed by atoms with van der Waals surface area (Å²) in [6.45, 7) is 3.74. The van der Waals surface area contributed by atoms with Gasteiger partial charge in [0.05, 0.1) is 22.3 Å². The molecule has 3 amide bonds. The smallest absolute Gasteiger partial charge is 0.341 e. The molecule has 1 aliphatic rings. The first-order valence-electron chi connectivity index (χ1n) is 17.7. The molecule has 55 heavy (non-hydrogen) atoms. The van der Waals surface area contributed by atoms with Crippen molar-refractivity contribution in [3.8, 4) is 0 Å². The van der Waals surface area contributed by atoms with Crippen molar-refractivity contribution in [2.45, 2.75) is 49.2 Å². The molecular weight excluding hydrogens is 737 g/mol. The quantitative estimate of drug-likeness (QED) is 0.0353. The predicted octanol–water partition coefficient (Wildman–Crippen LogP) is 8.63. The van der Waals surface area contributed by atoms with Gasteiger partial charge in [0.1, 0.15) is 10.7 Å². The number of nitrogens with zero attached hydrogens (tertiary/aromatic N) is 1. The van der Waals surface area contributed by atoms with E-state index in [9.17, 15) is 29.3 Å². The van der Waals surface area contributed by atoms with E-state index in [0.717, 1.165) is 23.3 Å². The Bertz CT molecular complexity index is 2240. The molecule has 0 aliphatic heterocycles. The number of esters is 1. The molecule has 6 rings (SSSR count). The molecule has 0 saturated carbocycles. The van der Waals surface area contributed by atoms with Crippen LogP contribution in [0.15, 0.2) is 120 Å². The Morgan fingerprint density at radius 2 is 1.65 bits per heavy atom. The van der Waals surface area contributed by atoms with Gasteiger partial charge in [0, 0.05) is 33.2 Å². The van der Waals surface area contributed by atoms with Crippen molar-refractivity contribution in [1.29, 1.82) is 0 Å². The molecule has 0 spiro atoms. The van der Waals surface area contributed by atoms with Crippen LogP contribution in [0.5, 0.6) is 0 Å². The minimum atomic E-state index is -0.627. The highest BCUT2D eigenvalue weighted by Gasteiger charge is 2.31. The maximum absolute atomic E-state index is 13.6. The van der Waals surface area contributed by atoms with Crippen molar-refractivity contribution in [2.75, 3.05) is 17.2 Å². The van der Waals surface area contributed by atoms with Gasteiger partial charge < -0.3 is 20.7 Å². The summed E-state index contributed by atoms with van der Waals surface area (Å²) in [7, 11) is 0. The molecule has 1 aromatic heterocycles. The van der Waals surface area contributed by atoms with E-state index in [1.807, 2.05) is 24.3 Å². The minimum Gasteiger partial charge on any atom is -0.462 e. The number of hydrogen-bond acceptors (Lipinski definition) is 9. The number of amides is 3. The maximum atomic E-state index is 13.6. The van der Waals surface area contributed by atoms with Gasteiger partial charge in [-0.2, -0.15) is 0 Å². The van der Waals surface area contributed by atoms with Crippen LogP contribution >= 0.6 is 23.1 Å². The number of anilines is 2. The van der Waals surface area contributed by atoms with Crippen LogP contribution in [-0.2, 0) is 27.2 Å². The topological polar surface area (TPSA) is 157 Å². The molecule has 11 nitrogen and oxygen atoms in total. The normalized spacial score (nSPS) is 14.2. The Morgan fingerprint density at radius 1 is 0.945 bits per heavy atom. The first-order valence-corrected chi connectivity index (χ1v) is 19.4. The van der Waals surface area contributed by atoms with Gasteiger partial charge >= 0.3 is 5.97 Å². The zero-order valence-corrected chi connectivity index (χ0v) is 31.7. The summed E-state index contributed by atoms with van der Waals surface area (Å²) in [5.74, 6) is -1.55. The lowest BCUT2D eigenvalue weighted by Crippen LogP contribution is -2.30. The first kappa shape index (κ1) is 38.7. The summed E-state index contributed by atoms with van der Waals surface area (Å²) in [5, 5.41) is 19.5. The number of thioether (sulfide) groups is 1. The second-order valence-corrected chi connectivity index (χ2v) is 15.3. The van der Waals surface area contributed by atoms with Gasteiger partial charge in [-0.1, -0.05) is 54.6 Å². The molecular formula is C42H38N4O7S2. The van der Waals surface area contributed by atoms with Gasteiger partial charge in [0.2, 0.25) is 5.91 Å². The highest BCUT2D eigenvalue weighted by atomic mass is 32.2. The third kappa shape index (κ3) is 9.74. The van der Waals surface area contributed by atoms with E-state index in [2.05, 4.69) is 28.1 Å². The number of rotatable bonds is 13. The number of thiophene rings is 1. The Hall–Kier alpha value is -6.05. The zero-order valence-electron chi connectivity index (χ0n) is 30.1. The van der Waals surface area contributed by atoms with Gasteiger partial charge in [0.15, 0.2) is 0 Å². The van der Waals surface area contributed by atoms with E-state index < -0.39 is 28.0 Å². The van der Waals surface area contributed by atoms with Crippen molar-refractivity contribution in [1.82, 2.24) is 5.32 Å². The average Bonchev–Trinajstić information content (AvgIpc) is 3.55. The van der Waals surface area contributed by atoms with E-state index in [1.165, 1.54) is 59.0 Å². The van der Waals surface area contributed by atoms with Crippen LogP contribution in [0.4, 0.5) is 16.4 Å². The van der Waals surface area contributed by atoms with Crippen LogP contribution in [0.2, 0.25) is 0 Å². The number of benzene rings is 4.